The van der Waals surface area contributed by atoms with E-state index in [9.17, 15) is 19.5 Å². The molecule has 0 spiro atoms. The highest BCUT2D eigenvalue weighted by Crippen LogP contribution is 2.28. The van der Waals surface area contributed by atoms with Gasteiger partial charge in [0, 0.05) is 23.5 Å². The molecule has 6 nitrogen and oxygen atoms in total. The fourth-order valence-electron chi connectivity index (χ4n) is 2.81. The monoisotopic (exact) mass is 350 g/mol. The van der Waals surface area contributed by atoms with Crippen molar-refractivity contribution in [2.24, 2.45) is 5.92 Å². The lowest BCUT2D eigenvalue weighted by Gasteiger charge is -2.20. The van der Waals surface area contributed by atoms with Crippen LogP contribution in [0.25, 0.3) is 0 Å². The Morgan fingerprint density at radius 1 is 1.21 bits per heavy atom. The van der Waals surface area contributed by atoms with Crippen LogP contribution in [0.15, 0.2) is 29.2 Å². The Labute approximate surface area is 145 Å². The smallest absolute Gasteiger partial charge is 0.308 e. The molecule has 2 amide bonds. The molecule has 1 unspecified atom stereocenters. The molecule has 0 radical (unpaired) electrons. The van der Waals surface area contributed by atoms with Gasteiger partial charge >= 0.3 is 5.97 Å². The molecule has 3 N–H and O–H groups in total. The van der Waals surface area contributed by atoms with E-state index < -0.39 is 11.9 Å². The normalized spacial score (nSPS) is 21.1. The maximum absolute atomic E-state index is 12.3. The van der Waals surface area contributed by atoms with Crippen molar-refractivity contribution in [3.05, 3.63) is 24.3 Å². The van der Waals surface area contributed by atoms with Crippen molar-refractivity contribution in [3.8, 4) is 0 Å². The molecule has 7 heteroatoms. The largest absolute Gasteiger partial charge is 0.481 e. The second-order valence-electron chi connectivity index (χ2n) is 5.96. The average Bonchev–Trinajstić information content (AvgIpc) is 2.97. The van der Waals surface area contributed by atoms with Crippen LogP contribution in [0.3, 0.4) is 0 Å². The Bertz CT molecular complexity index is 618. The average molecular weight is 350 g/mol. The summed E-state index contributed by atoms with van der Waals surface area (Å²) in [5, 5.41) is 14.4. The van der Waals surface area contributed by atoms with Crippen molar-refractivity contribution in [1.82, 2.24) is 5.32 Å². The minimum absolute atomic E-state index is 0.132. The molecule has 24 heavy (non-hydrogen) atoms. The number of carbonyl (C=O) groups excluding carboxylic acids is 2. The lowest BCUT2D eigenvalue weighted by atomic mass is 10.0. The molecule has 0 aromatic heterocycles. The summed E-state index contributed by atoms with van der Waals surface area (Å²) < 4.78 is 0. The van der Waals surface area contributed by atoms with E-state index in [4.69, 9.17) is 0 Å². The number of carboxylic acids is 1. The Balaban J connectivity index is 1.89. The number of nitrogens with one attached hydrogen (secondary N) is 2. The fraction of sp³-hybridized carbons (Fsp3) is 0.471. The molecule has 0 heterocycles. The lowest BCUT2D eigenvalue weighted by Crippen LogP contribution is -2.43. The van der Waals surface area contributed by atoms with Gasteiger partial charge in [-0.1, -0.05) is 6.42 Å². The van der Waals surface area contributed by atoms with E-state index in [0.29, 0.717) is 18.5 Å². The molecule has 130 valence electrons. The molecular formula is C17H22N2O4S. The predicted octanol–water partition coefficient (Wildman–Crippen LogP) is 2.50. The highest BCUT2D eigenvalue weighted by molar-refractivity contribution is 8.00. The van der Waals surface area contributed by atoms with E-state index in [1.54, 1.807) is 19.1 Å². The third-order valence-electron chi connectivity index (χ3n) is 4.02. The first-order valence-electron chi connectivity index (χ1n) is 7.94. The van der Waals surface area contributed by atoms with Gasteiger partial charge in [0.05, 0.1) is 11.2 Å². The molecule has 1 saturated carbocycles. The second kappa shape index (κ2) is 8.19. The summed E-state index contributed by atoms with van der Waals surface area (Å²) in [7, 11) is 0. The van der Waals surface area contributed by atoms with Gasteiger partial charge in [-0.3, -0.25) is 14.4 Å². The van der Waals surface area contributed by atoms with E-state index in [0.717, 1.165) is 11.3 Å². The number of anilines is 1. The third-order valence-corrected chi connectivity index (χ3v) is 5.13. The van der Waals surface area contributed by atoms with Crippen molar-refractivity contribution >= 4 is 35.2 Å². The first-order valence-corrected chi connectivity index (χ1v) is 8.82. The Hall–Kier alpha value is -2.02. The van der Waals surface area contributed by atoms with Gasteiger partial charge in [-0.2, -0.15) is 0 Å². The zero-order valence-corrected chi connectivity index (χ0v) is 14.6. The maximum atomic E-state index is 12.3. The highest BCUT2D eigenvalue weighted by atomic mass is 32.2. The fourth-order valence-corrected chi connectivity index (χ4v) is 3.68. The van der Waals surface area contributed by atoms with Crippen LogP contribution < -0.4 is 10.6 Å². The van der Waals surface area contributed by atoms with Gasteiger partial charge in [-0.25, -0.2) is 0 Å². The van der Waals surface area contributed by atoms with E-state index in [-0.39, 0.29) is 23.1 Å². The molecule has 0 saturated heterocycles. The quantitative estimate of drug-likeness (QED) is 0.685. The first-order chi connectivity index (χ1) is 11.4. The van der Waals surface area contributed by atoms with Gasteiger partial charge in [-0.05, 0) is 44.0 Å². The summed E-state index contributed by atoms with van der Waals surface area (Å²) in [6.07, 6.45) is 2.16. The number of carbonyl (C=O) groups is 3. The van der Waals surface area contributed by atoms with Crippen LogP contribution in [0.1, 0.15) is 33.1 Å². The van der Waals surface area contributed by atoms with Gasteiger partial charge in [0.1, 0.15) is 0 Å². The van der Waals surface area contributed by atoms with E-state index >= 15 is 0 Å². The van der Waals surface area contributed by atoms with Crippen molar-refractivity contribution in [2.75, 3.05) is 5.32 Å². The van der Waals surface area contributed by atoms with Gasteiger partial charge < -0.3 is 15.7 Å². The van der Waals surface area contributed by atoms with Crippen molar-refractivity contribution in [1.29, 1.82) is 0 Å². The number of aliphatic carboxylic acids is 1. The SMILES string of the molecule is CC(=O)Nc1ccc(SC(C)C(=O)N[C@@H]2CCC[C@@H]2C(=O)O)cc1. The van der Waals surface area contributed by atoms with Crippen LogP contribution in [-0.2, 0) is 14.4 Å². The molecule has 3 atom stereocenters. The van der Waals surface area contributed by atoms with Crippen LogP contribution in [-0.4, -0.2) is 34.2 Å². The van der Waals surface area contributed by atoms with E-state index in [1.165, 1.54) is 18.7 Å². The number of carboxylic acid groups (broad SMARTS) is 1. The molecule has 1 fully saturated rings. The highest BCUT2D eigenvalue weighted by Gasteiger charge is 2.34. The van der Waals surface area contributed by atoms with Gasteiger partial charge in [0.25, 0.3) is 0 Å². The van der Waals surface area contributed by atoms with E-state index in [2.05, 4.69) is 10.6 Å². The standard InChI is InChI=1S/C17H22N2O4S/c1-10(16(21)19-15-5-3-4-14(15)17(22)23)24-13-8-6-12(7-9-13)18-11(2)20/h6-10,14-15H,3-5H2,1-2H3,(H,18,20)(H,19,21)(H,22,23)/t10?,14-,15+/m0/s1. The number of hydrogen-bond acceptors (Lipinski definition) is 4. The zero-order valence-electron chi connectivity index (χ0n) is 13.7. The number of rotatable bonds is 6. The summed E-state index contributed by atoms with van der Waals surface area (Å²) in [5.74, 6) is -1.61. The van der Waals surface area contributed by atoms with Crippen LogP contribution in [0.5, 0.6) is 0 Å². The molecule has 1 aliphatic rings. The number of amides is 2. The van der Waals surface area contributed by atoms with Crippen molar-refractivity contribution in [2.45, 2.75) is 49.3 Å². The van der Waals surface area contributed by atoms with Gasteiger partial charge in [0.2, 0.25) is 11.8 Å². The van der Waals surface area contributed by atoms with Crippen molar-refractivity contribution in [3.63, 3.8) is 0 Å². The summed E-state index contributed by atoms with van der Waals surface area (Å²) in [6.45, 7) is 3.24. The van der Waals surface area contributed by atoms with Crippen molar-refractivity contribution < 1.29 is 19.5 Å². The maximum Gasteiger partial charge on any atom is 0.308 e. The first kappa shape index (κ1) is 18.3. The van der Waals surface area contributed by atoms with E-state index in [1.807, 2.05) is 12.1 Å². The minimum atomic E-state index is -0.841. The molecule has 1 aliphatic carbocycles. The third kappa shape index (κ3) is 4.99. The molecule has 2 rings (SSSR count). The molecule has 0 aliphatic heterocycles. The van der Waals surface area contributed by atoms with Crippen LogP contribution in [0.4, 0.5) is 5.69 Å². The Morgan fingerprint density at radius 2 is 1.88 bits per heavy atom. The predicted molar refractivity (Wildman–Crippen MR) is 93.0 cm³/mol. The van der Waals surface area contributed by atoms with Gasteiger partial charge in [0.15, 0.2) is 0 Å². The number of thioether (sulfide) groups is 1. The summed E-state index contributed by atoms with van der Waals surface area (Å²) in [5.41, 5.74) is 0.708. The van der Waals surface area contributed by atoms with Crippen LogP contribution >= 0.6 is 11.8 Å². The van der Waals surface area contributed by atoms with Crippen LogP contribution in [0, 0.1) is 5.92 Å². The van der Waals surface area contributed by atoms with Gasteiger partial charge in [-0.15, -0.1) is 11.8 Å². The molecule has 1 aromatic rings. The second-order valence-corrected chi connectivity index (χ2v) is 7.37. The van der Waals surface area contributed by atoms with Crippen LogP contribution in [0.2, 0.25) is 0 Å². The summed E-state index contributed by atoms with van der Waals surface area (Å²) in [6, 6.07) is 6.97. The Kier molecular flexibility index (Phi) is 6.25. The molecular weight excluding hydrogens is 328 g/mol. The minimum Gasteiger partial charge on any atom is -0.481 e. The number of benzene rings is 1. The Morgan fingerprint density at radius 3 is 2.46 bits per heavy atom. The number of hydrogen-bond donors (Lipinski definition) is 3. The summed E-state index contributed by atoms with van der Waals surface area (Å²) >= 11 is 1.40. The summed E-state index contributed by atoms with van der Waals surface area (Å²) in [4.78, 5) is 35.4. The molecule has 0 bridgehead atoms. The topological polar surface area (TPSA) is 95.5 Å². The molecule has 1 aromatic carbocycles. The zero-order chi connectivity index (χ0) is 17.7. The lowest BCUT2D eigenvalue weighted by molar-refractivity contribution is -0.142.